The molecule has 4 rings (SSSR count). The number of esters is 1. The summed E-state index contributed by atoms with van der Waals surface area (Å²) < 4.78 is 49.5. The Bertz CT molecular complexity index is 1430. The number of ether oxygens (including phenoxy) is 1. The molecule has 10 heteroatoms. The molecule has 1 aliphatic rings. The Balaban J connectivity index is 1.36. The molecule has 0 aliphatic heterocycles. The van der Waals surface area contributed by atoms with E-state index in [0.717, 1.165) is 22.0 Å². The number of hydrogen-bond acceptors (Lipinski definition) is 5. The van der Waals surface area contributed by atoms with Crippen molar-refractivity contribution in [1.82, 2.24) is 14.6 Å². The van der Waals surface area contributed by atoms with Gasteiger partial charge in [-0.1, -0.05) is 12.1 Å². The van der Waals surface area contributed by atoms with Crippen LogP contribution in [0.15, 0.2) is 53.6 Å². The Morgan fingerprint density at radius 3 is 2.46 bits per heavy atom. The highest BCUT2D eigenvalue weighted by Crippen LogP contribution is 2.29. The van der Waals surface area contributed by atoms with Gasteiger partial charge in [0.1, 0.15) is 5.82 Å². The number of amides is 1. The average Bonchev–Trinajstić information content (AvgIpc) is 3.23. The number of hydrogen-bond donors (Lipinski definition) is 2. The van der Waals surface area contributed by atoms with Gasteiger partial charge >= 0.3 is 5.97 Å². The van der Waals surface area contributed by atoms with Crippen LogP contribution in [0.3, 0.4) is 0 Å². The lowest BCUT2D eigenvalue weighted by molar-refractivity contribution is -0.143. The van der Waals surface area contributed by atoms with Crippen LogP contribution in [0.4, 0.5) is 4.39 Å². The van der Waals surface area contributed by atoms with Crippen molar-refractivity contribution in [2.75, 3.05) is 6.61 Å². The minimum absolute atomic E-state index is 0.0713. The fourth-order valence-electron chi connectivity index (χ4n) is 5.22. The summed E-state index contributed by atoms with van der Waals surface area (Å²) in [5.41, 5.74) is 2.60. The monoisotopic (exact) mass is 557 g/mol. The first-order valence-electron chi connectivity index (χ1n) is 13.4. The van der Waals surface area contributed by atoms with E-state index in [0.29, 0.717) is 38.7 Å². The molecule has 210 valence electrons. The minimum Gasteiger partial charge on any atom is -0.466 e. The van der Waals surface area contributed by atoms with Gasteiger partial charge < -0.3 is 14.6 Å². The third-order valence-electron chi connectivity index (χ3n) is 7.41. The molecule has 1 heterocycles. The van der Waals surface area contributed by atoms with Crippen molar-refractivity contribution in [3.63, 3.8) is 0 Å². The van der Waals surface area contributed by atoms with Gasteiger partial charge in [0.25, 0.3) is 0 Å². The quantitative estimate of drug-likeness (QED) is 0.357. The Morgan fingerprint density at radius 2 is 1.79 bits per heavy atom. The van der Waals surface area contributed by atoms with Crippen molar-refractivity contribution < 1.29 is 27.1 Å². The summed E-state index contributed by atoms with van der Waals surface area (Å²) in [6.45, 7) is 3.94. The molecule has 1 unspecified atom stereocenters. The third kappa shape index (κ3) is 7.05. The van der Waals surface area contributed by atoms with Crippen molar-refractivity contribution in [1.29, 1.82) is 0 Å². The largest absolute Gasteiger partial charge is 0.466 e. The van der Waals surface area contributed by atoms with Crippen LogP contribution in [0.2, 0.25) is 0 Å². The van der Waals surface area contributed by atoms with E-state index in [4.69, 9.17) is 4.74 Å². The number of sulfonamides is 1. The summed E-state index contributed by atoms with van der Waals surface area (Å²) in [6.07, 6.45) is 4.86. The highest BCUT2D eigenvalue weighted by atomic mass is 32.2. The number of benzene rings is 2. The molecule has 0 spiro atoms. The number of nitrogens with zero attached hydrogens (tertiary/aromatic N) is 1. The summed E-state index contributed by atoms with van der Waals surface area (Å²) in [6, 6.07) is 10.6. The Hall–Kier alpha value is -3.24. The van der Waals surface area contributed by atoms with Gasteiger partial charge in [0, 0.05) is 42.5 Å². The maximum atomic E-state index is 13.3. The summed E-state index contributed by atoms with van der Waals surface area (Å²) in [5.74, 6) is -0.875. The van der Waals surface area contributed by atoms with Crippen molar-refractivity contribution in [3.8, 4) is 0 Å². The lowest BCUT2D eigenvalue weighted by Gasteiger charge is -2.29. The van der Waals surface area contributed by atoms with Crippen LogP contribution in [0.5, 0.6) is 0 Å². The van der Waals surface area contributed by atoms with Gasteiger partial charge in [-0.3, -0.25) is 9.59 Å². The van der Waals surface area contributed by atoms with E-state index >= 15 is 0 Å². The van der Waals surface area contributed by atoms with Gasteiger partial charge in [-0.05, 0) is 87.4 Å². The third-order valence-corrected chi connectivity index (χ3v) is 8.92. The smallest absolute Gasteiger partial charge is 0.306 e. The van der Waals surface area contributed by atoms with E-state index < -0.39 is 10.0 Å². The molecule has 1 aromatic heterocycles. The zero-order chi connectivity index (χ0) is 28.2. The van der Waals surface area contributed by atoms with Crippen LogP contribution in [0, 0.1) is 11.7 Å². The molecule has 1 atom stereocenters. The van der Waals surface area contributed by atoms with Gasteiger partial charge in [0.2, 0.25) is 15.9 Å². The second-order valence-corrected chi connectivity index (χ2v) is 11.9. The second kappa shape index (κ2) is 12.3. The minimum atomic E-state index is -3.78. The Kier molecular flexibility index (Phi) is 9.07. The summed E-state index contributed by atoms with van der Waals surface area (Å²) >= 11 is 0. The Morgan fingerprint density at radius 1 is 1.10 bits per heavy atom. The maximum Gasteiger partial charge on any atom is 0.306 e. The first kappa shape index (κ1) is 28.8. The first-order valence-corrected chi connectivity index (χ1v) is 14.9. The van der Waals surface area contributed by atoms with Crippen molar-refractivity contribution in [3.05, 3.63) is 65.6 Å². The van der Waals surface area contributed by atoms with Crippen LogP contribution < -0.4 is 10.0 Å². The summed E-state index contributed by atoms with van der Waals surface area (Å²) in [7, 11) is -1.89. The predicted molar refractivity (Wildman–Crippen MR) is 147 cm³/mol. The molecule has 1 fully saturated rings. The van der Waals surface area contributed by atoms with E-state index in [1.807, 2.05) is 24.7 Å². The number of aryl methyl sites for hydroxylation is 2. The zero-order valence-electron chi connectivity index (χ0n) is 22.6. The highest BCUT2D eigenvalue weighted by Gasteiger charge is 2.30. The number of nitrogens with one attached hydrogen (secondary N) is 2. The number of halogens is 1. The standard InChI is InChI=1S/C29H36FN3O5S/c1-4-38-28(34)16-9-22-18-33(3)27-15-14-25(17-26(22)27)39(36,37)32-24-12-7-21(8-13-24)29(35)31-19(2)20-5-10-23(30)11-6-20/h5-6,10-11,14-15,17-19,21,24,32H,4,7-9,12-13,16H2,1-3H3,(H,31,35). The van der Waals surface area contributed by atoms with E-state index in [9.17, 15) is 22.4 Å². The molecule has 1 saturated carbocycles. The zero-order valence-corrected chi connectivity index (χ0v) is 23.4. The van der Waals surface area contributed by atoms with Crippen LogP contribution in [0.1, 0.15) is 63.1 Å². The normalized spacial score (nSPS) is 18.6. The lowest BCUT2D eigenvalue weighted by Crippen LogP contribution is -2.41. The fourth-order valence-corrected chi connectivity index (χ4v) is 6.55. The average molecular weight is 558 g/mol. The van der Waals surface area contributed by atoms with E-state index in [1.165, 1.54) is 12.1 Å². The van der Waals surface area contributed by atoms with Crippen molar-refractivity contribution >= 4 is 32.8 Å². The molecular formula is C29H36FN3O5S. The van der Waals surface area contributed by atoms with Gasteiger partial charge in [-0.25, -0.2) is 17.5 Å². The molecule has 39 heavy (non-hydrogen) atoms. The molecule has 0 saturated heterocycles. The van der Waals surface area contributed by atoms with E-state index in [1.54, 1.807) is 37.3 Å². The Labute approximate surface area is 229 Å². The van der Waals surface area contributed by atoms with Gasteiger partial charge in [-0.2, -0.15) is 0 Å². The topological polar surface area (TPSA) is 106 Å². The molecule has 3 aromatic rings. The second-order valence-electron chi connectivity index (χ2n) is 10.2. The van der Waals surface area contributed by atoms with Crippen LogP contribution in [-0.2, 0) is 37.8 Å². The SMILES string of the molecule is CCOC(=O)CCc1cn(C)c2ccc(S(=O)(=O)NC3CCC(C(=O)NC(C)c4ccc(F)cc4)CC3)cc12. The number of aromatic nitrogens is 1. The van der Waals surface area contributed by atoms with E-state index in [-0.39, 0.29) is 47.0 Å². The van der Waals surface area contributed by atoms with Gasteiger partial charge in [0.15, 0.2) is 0 Å². The predicted octanol–water partition coefficient (Wildman–Crippen LogP) is 4.53. The number of fused-ring (bicyclic) bond motifs is 1. The molecule has 2 aromatic carbocycles. The molecule has 0 bridgehead atoms. The summed E-state index contributed by atoms with van der Waals surface area (Å²) in [4.78, 5) is 24.8. The van der Waals surface area contributed by atoms with Gasteiger partial charge in [-0.15, -0.1) is 0 Å². The molecular weight excluding hydrogens is 521 g/mol. The number of rotatable bonds is 10. The highest BCUT2D eigenvalue weighted by molar-refractivity contribution is 7.89. The van der Waals surface area contributed by atoms with E-state index in [2.05, 4.69) is 10.0 Å². The van der Waals surface area contributed by atoms with Crippen molar-refractivity contribution in [2.24, 2.45) is 13.0 Å². The molecule has 2 N–H and O–H groups in total. The maximum absolute atomic E-state index is 13.3. The fraction of sp³-hybridized carbons (Fsp3) is 0.448. The molecule has 0 radical (unpaired) electrons. The number of carbonyl (C=O) groups excluding carboxylic acids is 2. The molecule has 1 amide bonds. The summed E-state index contributed by atoms with van der Waals surface area (Å²) in [5, 5.41) is 3.78. The number of carbonyl (C=O) groups is 2. The van der Waals surface area contributed by atoms with Crippen LogP contribution in [0.25, 0.3) is 10.9 Å². The van der Waals surface area contributed by atoms with Crippen LogP contribution in [-0.4, -0.2) is 37.5 Å². The van der Waals surface area contributed by atoms with Crippen molar-refractivity contribution in [2.45, 2.75) is 69.4 Å². The lowest BCUT2D eigenvalue weighted by atomic mass is 9.85. The van der Waals surface area contributed by atoms with Gasteiger partial charge in [0.05, 0.1) is 17.5 Å². The molecule has 1 aliphatic carbocycles. The van der Waals surface area contributed by atoms with Crippen LogP contribution >= 0.6 is 0 Å². The first-order chi connectivity index (χ1) is 18.6. The molecule has 8 nitrogen and oxygen atoms in total.